The summed E-state index contributed by atoms with van der Waals surface area (Å²) in [6, 6.07) is 15.7. The number of rotatable bonds is 7. The van der Waals surface area contributed by atoms with Crippen molar-refractivity contribution in [1.82, 2.24) is 30.6 Å². The third-order valence-corrected chi connectivity index (χ3v) is 5.61. The van der Waals surface area contributed by atoms with E-state index in [9.17, 15) is 22.0 Å². The van der Waals surface area contributed by atoms with Crippen LogP contribution in [0.15, 0.2) is 54.6 Å². The summed E-state index contributed by atoms with van der Waals surface area (Å²) in [6.07, 6.45) is -4.46. The van der Waals surface area contributed by atoms with E-state index in [1.165, 1.54) is 0 Å². The number of aromatic nitrogens is 6. The van der Waals surface area contributed by atoms with Gasteiger partial charge >= 0.3 is 41.7 Å². The Morgan fingerprint density at radius 2 is 1.67 bits per heavy atom. The van der Waals surface area contributed by atoms with Crippen LogP contribution in [0.5, 0.6) is 0 Å². The SMILES string of the molecule is FC(F)(F)C(F)(F)c1cc(NCc2ccc(-c3ccccc3)c(-c3nnn[nH]3)c2)nc(C2CC2)n1.[NaH]. The second-order valence-corrected chi connectivity index (χ2v) is 8.19. The number of alkyl halides is 5. The molecule has 36 heavy (non-hydrogen) atoms. The van der Waals surface area contributed by atoms with Crippen LogP contribution in [0.1, 0.15) is 35.8 Å². The van der Waals surface area contributed by atoms with E-state index in [1.54, 1.807) is 0 Å². The molecule has 0 radical (unpaired) electrons. The standard InChI is InChI=1S/C23H18F5N7.Na.H/c24-22(25,23(26,27)28)18-11-19(31-20(30-18)15-7-8-15)29-12-13-6-9-16(14-4-2-1-3-5-14)17(10-13)21-32-34-35-33-21;;/h1-6,9-11,15H,7-8,12H2,(H,29,30,31)(H,32,33,34,35);;. The fraction of sp³-hybridized carbons (Fsp3) is 0.261. The van der Waals surface area contributed by atoms with Crippen molar-refractivity contribution in [2.24, 2.45) is 0 Å². The molecule has 2 heterocycles. The van der Waals surface area contributed by atoms with E-state index in [0.29, 0.717) is 35.9 Å². The summed E-state index contributed by atoms with van der Waals surface area (Å²) < 4.78 is 66.9. The summed E-state index contributed by atoms with van der Waals surface area (Å²) in [4.78, 5) is 7.72. The van der Waals surface area contributed by atoms with E-state index in [0.717, 1.165) is 11.1 Å². The van der Waals surface area contributed by atoms with Crippen molar-refractivity contribution in [2.75, 3.05) is 5.32 Å². The monoisotopic (exact) mass is 511 g/mol. The molecule has 0 atom stereocenters. The molecule has 182 valence electrons. The zero-order valence-corrected chi connectivity index (χ0v) is 18.0. The number of aromatic amines is 1. The Balaban J connectivity index is 0.00000304. The normalized spacial score (nSPS) is 13.8. The van der Waals surface area contributed by atoms with Gasteiger partial charge in [-0.05, 0) is 46.0 Å². The minimum absolute atomic E-state index is 0. The fourth-order valence-corrected chi connectivity index (χ4v) is 3.62. The van der Waals surface area contributed by atoms with Gasteiger partial charge in [0, 0.05) is 24.1 Å². The molecule has 5 rings (SSSR count). The number of benzene rings is 2. The van der Waals surface area contributed by atoms with Gasteiger partial charge in [-0.25, -0.2) is 15.1 Å². The Labute approximate surface area is 224 Å². The minimum atomic E-state index is -5.76. The molecular weight excluding hydrogens is 492 g/mol. The maximum atomic E-state index is 14.0. The summed E-state index contributed by atoms with van der Waals surface area (Å²) in [5, 5.41) is 16.8. The van der Waals surface area contributed by atoms with E-state index < -0.39 is 17.8 Å². The average Bonchev–Trinajstić information content (AvgIpc) is 3.56. The van der Waals surface area contributed by atoms with Gasteiger partial charge in [0.2, 0.25) is 0 Å². The van der Waals surface area contributed by atoms with Gasteiger partial charge in [-0.15, -0.1) is 5.10 Å². The molecule has 13 heteroatoms. The molecule has 0 saturated heterocycles. The van der Waals surface area contributed by atoms with Crippen molar-refractivity contribution < 1.29 is 22.0 Å². The van der Waals surface area contributed by atoms with Crippen molar-refractivity contribution in [3.05, 3.63) is 71.7 Å². The first kappa shape index (κ1) is 26.1. The van der Waals surface area contributed by atoms with E-state index in [2.05, 4.69) is 35.9 Å². The first-order chi connectivity index (χ1) is 16.7. The molecule has 1 fully saturated rings. The van der Waals surface area contributed by atoms with Crippen LogP contribution >= 0.6 is 0 Å². The Kier molecular flexibility index (Phi) is 7.39. The quantitative estimate of drug-likeness (QED) is 0.273. The molecular formula is C23H19F5N7Na. The molecule has 0 spiro atoms. The third-order valence-electron chi connectivity index (χ3n) is 5.61. The van der Waals surface area contributed by atoms with Crippen LogP contribution in [0, 0.1) is 0 Å². The maximum absolute atomic E-state index is 14.0. The molecule has 0 amide bonds. The zero-order chi connectivity index (χ0) is 24.6. The Morgan fingerprint density at radius 3 is 2.31 bits per heavy atom. The number of nitrogens with one attached hydrogen (secondary N) is 2. The number of tetrazole rings is 1. The molecule has 1 aliphatic rings. The molecule has 1 aliphatic carbocycles. The molecule has 4 aromatic rings. The van der Waals surface area contributed by atoms with Gasteiger partial charge < -0.3 is 5.32 Å². The number of nitrogens with zero attached hydrogens (tertiary/aromatic N) is 5. The summed E-state index contributed by atoms with van der Waals surface area (Å²) >= 11 is 0. The molecule has 2 N–H and O–H groups in total. The number of hydrogen-bond acceptors (Lipinski definition) is 6. The number of anilines is 1. The summed E-state index contributed by atoms with van der Waals surface area (Å²) in [7, 11) is 0. The summed E-state index contributed by atoms with van der Waals surface area (Å²) in [5.74, 6) is -4.98. The molecule has 7 nitrogen and oxygen atoms in total. The first-order valence-corrected chi connectivity index (χ1v) is 10.7. The zero-order valence-electron chi connectivity index (χ0n) is 18.0. The van der Waals surface area contributed by atoms with Crippen LogP contribution in [0.25, 0.3) is 22.5 Å². The number of halogens is 5. The van der Waals surface area contributed by atoms with Crippen molar-refractivity contribution in [1.29, 1.82) is 0 Å². The van der Waals surface area contributed by atoms with Crippen molar-refractivity contribution in [2.45, 2.75) is 37.4 Å². The van der Waals surface area contributed by atoms with Gasteiger partial charge in [0.25, 0.3) is 0 Å². The van der Waals surface area contributed by atoms with E-state index >= 15 is 0 Å². The molecule has 2 aromatic heterocycles. The second kappa shape index (κ2) is 10.2. The van der Waals surface area contributed by atoms with Crippen LogP contribution in [-0.4, -0.2) is 66.3 Å². The van der Waals surface area contributed by atoms with Crippen molar-refractivity contribution in [3.63, 3.8) is 0 Å². The fourth-order valence-electron chi connectivity index (χ4n) is 3.62. The van der Waals surface area contributed by atoms with Gasteiger partial charge in [-0.3, -0.25) is 0 Å². The van der Waals surface area contributed by atoms with E-state index in [-0.39, 0.29) is 53.7 Å². The predicted octanol–water partition coefficient (Wildman–Crippen LogP) is 4.82. The molecule has 0 unspecified atom stereocenters. The molecule has 1 saturated carbocycles. The van der Waals surface area contributed by atoms with Gasteiger partial charge in [-0.1, -0.05) is 42.5 Å². The van der Waals surface area contributed by atoms with Gasteiger partial charge in [0.15, 0.2) is 5.82 Å². The Hall–Kier alpha value is -2.96. The second-order valence-electron chi connectivity index (χ2n) is 8.19. The van der Waals surface area contributed by atoms with Crippen LogP contribution in [0.3, 0.4) is 0 Å². The summed E-state index contributed by atoms with van der Waals surface area (Å²) in [6.45, 7) is 0.113. The van der Waals surface area contributed by atoms with Gasteiger partial charge in [-0.2, -0.15) is 22.0 Å². The average molecular weight is 511 g/mol. The Morgan fingerprint density at radius 1 is 0.917 bits per heavy atom. The van der Waals surface area contributed by atoms with Crippen LogP contribution < -0.4 is 5.32 Å². The summed E-state index contributed by atoms with van der Waals surface area (Å²) in [5.41, 5.74) is 1.84. The van der Waals surface area contributed by atoms with E-state index in [1.807, 2.05) is 48.5 Å². The molecule has 0 bridgehead atoms. The predicted molar refractivity (Wildman–Crippen MR) is 123 cm³/mol. The molecule has 2 aromatic carbocycles. The van der Waals surface area contributed by atoms with Crippen molar-refractivity contribution >= 4 is 35.4 Å². The van der Waals surface area contributed by atoms with Crippen LogP contribution in [-0.2, 0) is 12.5 Å². The van der Waals surface area contributed by atoms with Gasteiger partial charge in [0.05, 0.1) is 0 Å². The van der Waals surface area contributed by atoms with Crippen LogP contribution in [0.4, 0.5) is 27.8 Å². The van der Waals surface area contributed by atoms with Crippen LogP contribution in [0.2, 0.25) is 0 Å². The third kappa shape index (κ3) is 5.40. The number of H-pyrrole nitrogens is 1. The van der Waals surface area contributed by atoms with E-state index in [4.69, 9.17) is 0 Å². The Bertz CT molecular complexity index is 1330. The number of hydrogen-bond donors (Lipinski definition) is 2. The first-order valence-electron chi connectivity index (χ1n) is 10.7. The molecule has 0 aliphatic heterocycles. The topological polar surface area (TPSA) is 92.3 Å². The van der Waals surface area contributed by atoms with Gasteiger partial charge in [0.1, 0.15) is 17.3 Å². The van der Waals surface area contributed by atoms with Crippen molar-refractivity contribution in [3.8, 4) is 22.5 Å².